The van der Waals surface area contributed by atoms with Gasteiger partial charge in [-0.3, -0.25) is 4.79 Å². The first-order valence-corrected chi connectivity index (χ1v) is 8.97. The van der Waals surface area contributed by atoms with Gasteiger partial charge in [0.15, 0.2) is 0 Å². The summed E-state index contributed by atoms with van der Waals surface area (Å²) in [5.41, 5.74) is 3.04. The molecule has 4 rings (SSSR count). The second-order valence-corrected chi connectivity index (χ2v) is 6.55. The number of carbonyl (C=O) groups excluding carboxylic acids is 1. The number of hydrogen-bond donors (Lipinski definition) is 1. The number of H-pyrrole nitrogens is 1. The van der Waals surface area contributed by atoms with Crippen LogP contribution in [0.3, 0.4) is 0 Å². The summed E-state index contributed by atoms with van der Waals surface area (Å²) < 4.78 is 6.39. The summed E-state index contributed by atoms with van der Waals surface area (Å²) in [5.74, 6) is -0.657. The Morgan fingerprint density at radius 3 is 2.85 bits per heavy atom. The number of rotatable bonds is 4. The minimum Gasteiger partial charge on any atom is -0.462 e. The Labute approximate surface area is 152 Å². The van der Waals surface area contributed by atoms with E-state index in [-0.39, 0.29) is 12.2 Å². The average molecular weight is 365 g/mol. The van der Waals surface area contributed by atoms with Crippen molar-refractivity contribution in [2.45, 2.75) is 6.92 Å². The molecule has 0 bridgehead atoms. The smallest absolute Gasteiger partial charge is 0.345 e. The van der Waals surface area contributed by atoms with Gasteiger partial charge in [-0.05, 0) is 29.5 Å². The van der Waals surface area contributed by atoms with Gasteiger partial charge in [0, 0.05) is 4.88 Å². The van der Waals surface area contributed by atoms with Gasteiger partial charge in [-0.2, -0.15) is 5.10 Å². The molecule has 0 aliphatic heterocycles. The van der Waals surface area contributed by atoms with E-state index in [1.807, 2.05) is 18.2 Å². The van der Waals surface area contributed by atoms with E-state index in [0.29, 0.717) is 5.65 Å². The lowest BCUT2D eigenvalue weighted by atomic mass is 10.1. The van der Waals surface area contributed by atoms with Gasteiger partial charge < -0.3 is 9.72 Å². The van der Waals surface area contributed by atoms with Crippen LogP contribution in [0.2, 0.25) is 0 Å². The van der Waals surface area contributed by atoms with Crippen molar-refractivity contribution in [1.82, 2.24) is 14.6 Å². The Kier molecular flexibility index (Phi) is 4.14. The van der Waals surface area contributed by atoms with E-state index in [0.717, 1.165) is 21.6 Å². The molecule has 0 atom stereocenters. The van der Waals surface area contributed by atoms with Crippen molar-refractivity contribution in [3.8, 4) is 21.6 Å². The number of hydrogen-bond acceptors (Lipinski definition) is 5. The molecule has 130 valence electrons. The Bertz CT molecular complexity index is 1140. The van der Waals surface area contributed by atoms with Crippen molar-refractivity contribution < 1.29 is 9.53 Å². The summed E-state index contributed by atoms with van der Waals surface area (Å²) in [5, 5.41) is 6.34. The van der Waals surface area contributed by atoms with Crippen LogP contribution in [0.5, 0.6) is 0 Å². The Balaban J connectivity index is 1.77. The Morgan fingerprint density at radius 2 is 2.08 bits per heavy atom. The zero-order valence-electron chi connectivity index (χ0n) is 13.9. The molecular weight excluding hydrogens is 350 g/mol. The lowest BCUT2D eigenvalue weighted by Gasteiger charge is -2.02. The number of benzene rings is 1. The molecule has 26 heavy (non-hydrogen) atoms. The predicted molar refractivity (Wildman–Crippen MR) is 101 cm³/mol. The summed E-state index contributed by atoms with van der Waals surface area (Å²) in [6.45, 7) is 1.90. The fourth-order valence-corrected chi connectivity index (χ4v) is 3.66. The summed E-state index contributed by atoms with van der Waals surface area (Å²) in [6.07, 6.45) is 3.09. The molecular formula is C19H15N3O3S. The summed E-state index contributed by atoms with van der Waals surface area (Å²) in [6, 6.07) is 12.1. The standard InChI is InChI=1S/C19H15N3O3S/c1-2-25-19(24)15-10-22-17(21-18(15)23)14(9-20-22)16-8-13(11-26-16)12-6-4-3-5-7-12/h3-11H,2H2,1H3,(H,21,23). The van der Waals surface area contributed by atoms with E-state index >= 15 is 0 Å². The molecule has 0 saturated carbocycles. The topological polar surface area (TPSA) is 76.5 Å². The van der Waals surface area contributed by atoms with Crippen molar-refractivity contribution in [2.24, 2.45) is 0 Å². The number of esters is 1. The molecule has 7 heteroatoms. The number of fused-ring (bicyclic) bond motifs is 1. The molecule has 0 amide bonds. The molecule has 1 aromatic carbocycles. The Hall–Kier alpha value is -3.19. The third kappa shape index (κ3) is 2.82. The van der Waals surface area contributed by atoms with Gasteiger partial charge in [0.2, 0.25) is 0 Å². The van der Waals surface area contributed by atoms with Crippen LogP contribution in [0, 0.1) is 0 Å². The van der Waals surface area contributed by atoms with Crippen LogP contribution in [-0.4, -0.2) is 27.2 Å². The molecule has 0 aliphatic rings. The fraction of sp³-hybridized carbons (Fsp3) is 0.105. The van der Waals surface area contributed by atoms with Crippen molar-refractivity contribution in [3.63, 3.8) is 0 Å². The first kappa shape index (κ1) is 16.3. The predicted octanol–water partition coefficient (Wildman–Crippen LogP) is 3.59. The van der Waals surface area contributed by atoms with Crippen LogP contribution in [0.25, 0.3) is 27.2 Å². The van der Waals surface area contributed by atoms with Crippen molar-refractivity contribution in [2.75, 3.05) is 6.61 Å². The maximum Gasteiger partial charge on any atom is 0.345 e. The number of nitrogens with zero attached hydrogens (tertiary/aromatic N) is 2. The zero-order valence-corrected chi connectivity index (χ0v) is 14.7. The van der Waals surface area contributed by atoms with Gasteiger partial charge in [0.1, 0.15) is 11.2 Å². The van der Waals surface area contributed by atoms with Gasteiger partial charge in [-0.15, -0.1) is 11.3 Å². The SMILES string of the molecule is CCOC(=O)c1cn2ncc(-c3cc(-c4ccccc4)cs3)c2[nH]c1=O. The van der Waals surface area contributed by atoms with Crippen molar-refractivity contribution >= 4 is 23.0 Å². The number of aromatic nitrogens is 3. The molecule has 4 aromatic rings. The monoisotopic (exact) mass is 365 g/mol. The summed E-state index contributed by atoms with van der Waals surface area (Å²) in [4.78, 5) is 27.9. The molecule has 0 spiro atoms. The highest BCUT2D eigenvalue weighted by molar-refractivity contribution is 7.14. The van der Waals surface area contributed by atoms with Crippen molar-refractivity contribution in [1.29, 1.82) is 0 Å². The number of aromatic amines is 1. The molecule has 3 heterocycles. The van der Waals surface area contributed by atoms with Gasteiger partial charge in [0.25, 0.3) is 5.56 Å². The van der Waals surface area contributed by atoms with E-state index in [9.17, 15) is 9.59 Å². The molecule has 0 aliphatic carbocycles. The molecule has 6 nitrogen and oxygen atoms in total. The molecule has 0 fully saturated rings. The van der Waals surface area contributed by atoms with Crippen LogP contribution in [0.1, 0.15) is 17.3 Å². The largest absolute Gasteiger partial charge is 0.462 e. The quantitative estimate of drug-likeness (QED) is 0.561. The Morgan fingerprint density at radius 1 is 1.27 bits per heavy atom. The van der Waals surface area contributed by atoms with Crippen LogP contribution in [-0.2, 0) is 4.74 Å². The van der Waals surface area contributed by atoms with Crippen LogP contribution >= 0.6 is 11.3 Å². The highest BCUT2D eigenvalue weighted by Gasteiger charge is 2.17. The van der Waals surface area contributed by atoms with E-state index in [1.54, 1.807) is 24.5 Å². The van der Waals surface area contributed by atoms with E-state index < -0.39 is 11.5 Å². The molecule has 1 N–H and O–H groups in total. The molecule has 3 aromatic heterocycles. The number of thiophene rings is 1. The lowest BCUT2D eigenvalue weighted by Crippen LogP contribution is -2.21. The third-order valence-electron chi connectivity index (χ3n) is 3.99. The average Bonchev–Trinajstić information content (AvgIpc) is 3.28. The minimum absolute atomic E-state index is 0.0647. The number of carbonyl (C=O) groups is 1. The van der Waals surface area contributed by atoms with Crippen LogP contribution in [0.15, 0.2) is 59.0 Å². The van der Waals surface area contributed by atoms with Gasteiger partial charge in [0.05, 0.1) is 24.6 Å². The lowest BCUT2D eigenvalue weighted by molar-refractivity contribution is 0.0523. The van der Waals surface area contributed by atoms with E-state index in [4.69, 9.17) is 4.74 Å². The second-order valence-electron chi connectivity index (χ2n) is 5.63. The minimum atomic E-state index is -0.657. The first-order chi connectivity index (χ1) is 12.7. The van der Waals surface area contributed by atoms with E-state index in [1.165, 1.54) is 10.7 Å². The van der Waals surface area contributed by atoms with Gasteiger partial charge in [-0.25, -0.2) is 9.31 Å². The number of nitrogens with one attached hydrogen (secondary N) is 1. The summed E-state index contributed by atoms with van der Waals surface area (Å²) >= 11 is 1.57. The fourth-order valence-electron chi connectivity index (χ4n) is 2.73. The maximum atomic E-state index is 12.3. The number of ether oxygens (including phenoxy) is 1. The zero-order chi connectivity index (χ0) is 18.1. The first-order valence-electron chi connectivity index (χ1n) is 8.09. The van der Waals surface area contributed by atoms with Gasteiger partial charge in [-0.1, -0.05) is 30.3 Å². The highest BCUT2D eigenvalue weighted by Crippen LogP contribution is 2.33. The maximum absolute atomic E-state index is 12.3. The van der Waals surface area contributed by atoms with Crippen LogP contribution in [0.4, 0.5) is 0 Å². The molecule has 0 saturated heterocycles. The summed E-state index contributed by atoms with van der Waals surface area (Å²) in [7, 11) is 0. The third-order valence-corrected chi connectivity index (χ3v) is 4.95. The van der Waals surface area contributed by atoms with E-state index in [2.05, 4.69) is 33.7 Å². The second kappa shape index (κ2) is 6.61. The molecule has 0 radical (unpaired) electrons. The van der Waals surface area contributed by atoms with Gasteiger partial charge >= 0.3 is 5.97 Å². The molecule has 0 unspecified atom stereocenters. The van der Waals surface area contributed by atoms with Crippen molar-refractivity contribution in [3.05, 3.63) is 70.1 Å². The normalized spacial score (nSPS) is 11.0. The highest BCUT2D eigenvalue weighted by atomic mass is 32.1. The van der Waals surface area contributed by atoms with Crippen LogP contribution < -0.4 is 5.56 Å².